The first-order valence-electron chi connectivity index (χ1n) is 6.89. The molecule has 0 aliphatic rings. The Bertz CT molecular complexity index is 704. The van der Waals surface area contributed by atoms with Crippen LogP contribution in [0.1, 0.15) is 22.8 Å². The molecule has 2 amide bonds. The minimum Gasteiger partial charge on any atom is -0.473 e. The van der Waals surface area contributed by atoms with Crippen molar-refractivity contribution in [3.63, 3.8) is 0 Å². The number of benzene rings is 1. The van der Waals surface area contributed by atoms with Gasteiger partial charge >= 0.3 is 0 Å². The summed E-state index contributed by atoms with van der Waals surface area (Å²) in [6.45, 7) is 1.65. The van der Waals surface area contributed by atoms with E-state index < -0.39 is 17.9 Å². The van der Waals surface area contributed by atoms with Crippen LogP contribution >= 0.6 is 0 Å². The number of aromatic nitrogens is 1. The minimum atomic E-state index is -0.772. The van der Waals surface area contributed by atoms with Gasteiger partial charge in [0.15, 0.2) is 0 Å². The highest BCUT2D eigenvalue weighted by Gasteiger charge is 2.14. The van der Waals surface area contributed by atoms with Crippen LogP contribution < -0.4 is 15.8 Å². The van der Waals surface area contributed by atoms with E-state index in [9.17, 15) is 14.0 Å². The maximum atomic E-state index is 13.0. The van der Waals surface area contributed by atoms with Gasteiger partial charge in [0.05, 0.1) is 5.56 Å². The molecule has 0 fully saturated rings. The zero-order chi connectivity index (χ0) is 16.8. The van der Waals surface area contributed by atoms with Crippen LogP contribution in [0.25, 0.3) is 0 Å². The fraction of sp³-hybridized carbons (Fsp3) is 0.188. The van der Waals surface area contributed by atoms with Crippen LogP contribution in [0.4, 0.5) is 4.39 Å². The zero-order valence-electron chi connectivity index (χ0n) is 12.5. The van der Waals surface area contributed by atoms with E-state index >= 15 is 0 Å². The Morgan fingerprint density at radius 3 is 2.74 bits per heavy atom. The topological polar surface area (TPSA) is 94.3 Å². The van der Waals surface area contributed by atoms with E-state index in [2.05, 4.69) is 10.3 Å². The van der Waals surface area contributed by atoms with Gasteiger partial charge in [-0.1, -0.05) is 12.1 Å². The number of hydrogen-bond donors (Lipinski definition) is 2. The third-order valence-electron chi connectivity index (χ3n) is 3.05. The van der Waals surface area contributed by atoms with Gasteiger partial charge in [0, 0.05) is 12.3 Å². The van der Waals surface area contributed by atoms with Gasteiger partial charge < -0.3 is 15.8 Å². The number of nitrogens with one attached hydrogen (secondary N) is 1. The van der Waals surface area contributed by atoms with Crippen molar-refractivity contribution in [2.24, 2.45) is 5.73 Å². The lowest BCUT2D eigenvalue weighted by Gasteiger charge is -2.10. The summed E-state index contributed by atoms with van der Waals surface area (Å²) in [5.41, 5.74) is 6.02. The molecule has 1 aromatic carbocycles. The molecule has 1 heterocycles. The quantitative estimate of drug-likeness (QED) is 0.842. The molecule has 2 aromatic rings. The third-order valence-corrected chi connectivity index (χ3v) is 3.05. The number of pyridine rings is 1. The predicted octanol–water partition coefficient (Wildman–Crippen LogP) is 1.40. The van der Waals surface area contributed by atoms with Crippen LogP contribution in [0.15, 0.2) is 42.6 Å². The molecule has 0 bridgehead atoms. The van der Waals surface area contributed by atoms with Crippen molar-refractivity contribution in [2.75, 3.05) is 0 Å². The minimum absolute atomic E-state index is 0.162. The van der Waals surface area contributed by atoms with E-state index in [1.807, 2.05) is 0 Å². The van der Waals surface area contributed by atoms with Gasteiger partial charge in [0.25, 0.3) is 5.91 Å². The van der Waals surface area contributed by atoms with Crippen molar-refractivity contribution in [1.82, 2.24) is 10.3 Å². The summed E-state index contributed by atoms with van der Waals surface area (Å²) < 4.78 is 18.5. The Labute approximate surface area is 132 Å². The Balaban J connectivity index is 1.94. The van der Waals surface area contributed by atoms with Crippen molar-refractivity contribution in [1.29, 1.82) is 0 Å². The lowest BCUT2D eigenvalue weighted by molar-refractivity contribution is -0.119. The van der Waals surface area contributed by atoms with Crippen LogP contribution in [-0.4, -0.2) is 22.8 Å². The standard InChI is InChI=1S/C16H16FN3O3/c1-10(15(18)21)20-16(22)12-5-6-14(19-8-12)23-9-11-3-2-4-13(17)7-11/h2-8,10H,9H2,1H3,(H2,18,21)(H,20,22)/t10-/m0/s1. The molecule has 23 heavy (non-hydrogen) atoms. The van der Waals surface area contributed by atoms with Crippen LogP contribution in [0.5, 0.6) is 5.88 Å². The van der Waals surface area contributed by atoms with Gasteiger partial charge in [-0.3, -0.25) is 9.59 Å². The van der Waals surface area contributed by atoms with Gasteiger partial charge in [-0.15, -0.1) is 0 Å². The number of rotatable bonds is 6. The van der Waals surface area contributed by atoms with Gasteiger partial charge in [-0.05, 0) is 30.7 Å². The molecule has 3 N–H and O–H groups in total. The Morgan fingerprint density at radius 2 is 2.13 bits per heavy atom. The van der Waals surface area contributed by atoms with E-state index in [4.69, 9.17) is 10.5 Å². The van der Waals surface area contributed by atoms with Crippen molar-refractivity contribution in [3.8, 4) is 5.88 Å². The second kappa shape index (κ2) is 7.35. The second-order valence-electron chi connectivity index (χ2n) is 4.90. The molecule has 120 valence electrons. The van der Waals surface area contributed by atoms with Crippen LogP contribution in [-0.2, 0) is 11.4 Å². The van der Waals surface area contributed by atoms with E-state index in [1.54, 1.807) is 12.1 Å². The van der Waals surface area contributed by atoms with Crippen molar-refractivity contribution < 1.29 is 18.7 Å². The molecular formula is C16H16FN3O3. The number of primary amides is 1. The summed E-state index contributed by atoms with van der Waals surface area (Å²) in [6.07, 6.45) is 1.32. The van der Waals surface area contributed by atoms with Gasteiger partial charge in [0.2, 0.25) is 11.8 Å². The number of amides is 2. The molecule has 7 heteroatoms. The van der Waals surface area contributed by atoms with E-state index in [1.165, 1.54) is 37.4 Å². The largest absolute Gasteiger partial charge is 0.473 e. The SMILES string of the molecule is C[C@H](NC(=O)c1ccc(OCc2cccc(F)c2)nc1)C(N)=O. The Morgan fingerprint density at radius 1 is 1.35 bits per heavy atom. The average molecular weight is 317 g/mol. The summed E-state index contributed by atoms with van der Waals surface area (Å²) in [4.78, 5) is 26.8. The fourth-order valence-corrected chi connectivity index (χ4v) is 1.74. The summed E-state index contributed by atoms with van der Waals surface area (Å²) in [5.74, 6) is -1.12. The number of carbonyl (C=O) groups excluding carboxylic acids is 2. The summed E-state index contributed by atoms with van der Waals surface area (Å²) in [7, 11) is 0. The van der Waals surface area contributed by atoms with E-state index in [0.717, 1.165) is 0 Å². The van der Waals surface area contributed by atoms with Crippen molar-refractivity contribution in [3.05, 3.63) is 59.5 Å². The molecule has 0 unspecified atom stereocenters. The smallest absolute Gasteiger partial charge is 0.253 e. The number of nitrogens with zero attached hydrogens (tertiary/aromatic N) is 1. The zero-order valence-corrected chi connectivity index (χ0v) is 12.5. The molecule has 2 rings (SSSR count). The molecule has 0 aliphatic heterocycles. The number of ether oxygens (including phenoxy) is 1. The number of hydrogen-bond acceptors (Lipinski definition) is 4. The number of carbonyl (C=O) groups is 2. The predicted molar refractivity (Wildman–Crippen MR) is 81.1 cm³/mol. The first-order valence-corrected chi connectivity index (χ1v) is 6.89. The molecule has 1 aromatic heterocycles. The fourth-order valence-electron chi connectivity index (χ4n) is 1.74. The van der Waals surface area contributed by atoms with Gasteiger partial charge in [-0.2, -0.15) is 0 Å². The average Bonchev–Trinajstić information content (AvgIpc) is 2.53. The van der Waals surface area contributed by atoms with E-state index in [0.29, 0.717) is 11.4 Å². The van der Waals surface area contributed by atoms with Crippen LogP contribution in [0, 0.1) is 5.82 Å². The number of halogens is 1. The van der Waals surface area contributed by atoms with Crippen molar-refractivity contribution in [2.45, 2.75) is 19.6 Å². The first kappa shape index (κ1) is 16.4. The van der Waals surface area contributed by atoms with Gasteiger partial charge in [-0.25, -0.2) is 9.37 Å². The maximum absolute atomic E-state index is 13.0. The highest BCUT2D eigenvalue weighted by molar-refractivity contribution is 5.96. The molecule has 0 saturated heterocycles. The normalized spacial score (nSPS) is 11.6. The number of nitrogens with two attached hydrogens (primary N) is 1. The Kier molecular flexibility index (Phi) is 5.24. The maximum Gasteiger partial charge on any atom is 0.253 e. The molecule has 0 radical (unpaired) electrons. The summed E-state index contributed by atoms with van der Waals surface area (Å²) in [6, 6.07) is 8.30. The Hall–Kier alpha value is -2.96. The van der Waals surface area contributed by atoms with Crippen LogP contribution in [0.3, 0.4) is 0 Å². The van der Waals surface area contributed by atoms with E-state index in [-0.39, 0.29) is 18.0 Å². The van der Waals surface area contributed by atoms with Crippen molar-refractivity contribution >= 4 is 11.8 Å². The summed E-state index contributed by atoms with van der Waals surface area (Å²) in [5, 5.41) is 2.44. The lowest BCUT2D eigenvalue weighted by Crippen LogP contribution is -2.42. The molecule has 0 aliphatic carbocycles. The molecule has 0 spiro atoms. The molecule has 1 atom stereocenters. The first-order chi connectivity index (χ1) is 11.0. The summed E-state index contributed by atoms with van der Waals surface area (Å²) >= 11 is 0. The monoisotopic (exact) mass is 317 g/mol. The molecule has 6 nitrogen and oxygen atoms in total. The highest BCUT2D eigenvalue weighted by atomic mass is 19.1. The third kappa shape index (κ3) is 4.77. The lowest BCUT2D eigenvalue weighted by atomic mass is 10.2. The second-order valence-corrected chi connectivity index (χ2v) is 4.90. The molecular weight excluding hydrogens is 301 g/mol. The molecule has 0 saturated carbocycles. The van der Waals surface area contributed by atoms with Crippen LogP contribution in [0.2, 0.25) is 0 Å². The van der Waals surface area contributed by atoms with Gasteiger partial charge in [0.1, 0.15) is 18.5 Å². The highest BCUT2D eigenvalue weighted by Crippen LogP contribution is 2.11.